The second-order valence-electron chi connectivity index (χ2n) is 15.3. The Bertz CT molecular complexity index is 2110. The van der Waals surface area contributed by atoms with E-state index in [1.165, 1.54) is 0 Å². The second-order valence-corrected chi connectivity index (χ2v) is 15.3. The highest BCUT2D eigenvalue weighted by atomic mass is 19.2. The fourth-order valence-corrected chi connectivity index (χ4v) is 6.79. The van der Waals surface area contributed by atoms with Gasteiger partial charge in [0, 0.05) is 24.2 Å². The average Bonchev–Trinajstić information content (AvgIpc) is 3.15. The van der Waals surface area contributed by atoms with Crippen molar-refractivity contribution in [3.8, 4) is 5.75 Å². The molecule has 0 unspecified atom stereocenters. The van der Waals surface area contributed by atoms with E-state index in [0.29, 0.717) is 23.3 Å². The molecule has 5 aromatic rings. The van der Waals surface area contributed by atoms with Crippen LogP contribution in [0.5, 0.6) is 5.75 Å². The molecule has 54 heavy (non-hydrogen) atoms. The van der Waals surface area contributed by atoms with E-state index in [1.54, 1.807) is 42.5 Å². The molecule has 0 radical (unpaired) electrons. The summed E-state index contributed by atoms with van der Waals surface area (Å²) in [6.07, 6.45) is 0. The maximum Gasteiger partial charge on any atom is 0.570 e. The van der Waals surface area contributed by atoms with Gasteiger partial charge in [0.25, 0.3) is 0 Å². The Morgan fingerprint density at radius 1 is 0.611 bits per heavy atom. The molecule has 282 valence electrons. The van der Waals surface area contributed by atoms with E-state index in [1.807, 2.05) is 41.5 Å². The number of halogens is 9. The molecule has 0 aliphatic carbocycles. The Balaban J connectivity index is 1.82. The average molecular weight is 756 g/mol. The molecule has 6 rings (SSSR count). The first-order chi connectivity index (χ1) is 25.2. The molecule has 1 aliphatic rings. The lowest BCUT2D eigenvalue weighted by Crippen LogP contribution is -2.54. The van der Waals surface area contributed by atoms with E-state index in [0.717, 1.165) is 29.8 Å². The minimum atomic E-state index is -2.64. The van der Waals surface area contributed by atoms with Crippen molar-refractivity contribution >= 4 is 12.6 Å². The van der Waals surface area contributed by atoms with Crippen LogP contribution in [0.25, 0.3) is 0 Å². The van der Waals surface area contributed by atoms with Crippen LogP contribution in [0.3, 0.4) is 0 Å². The molecule has 0 bridgehead atoms. The smallest absolute Gasteiger partial charge is 0.532 e. The predicted molar refractivity (Wildman–Crippen MR) is 187 cm³/mol. The fraction of sp³-hybridized carbons (Fsp3) is 0.268. The van der Waals surface area contributed by atoms with Crippen LogP contribution in [0.1, 0.15) is 81.0 Å². The third-order valence-corrected chi connectivity index (χ3v) is 9.46. The summed E-state index contributed by atoms with van der Waals surface area (Å²) in [6.45, 7) is 11.1. The number of hydrogen-bond donors (Lipinski definition) is 1. The third-order valence-electron chi connectivity index (χ3n) is 9.46. The van der Waals surface area contributed by atoms with Crippen LogP contribution >= 0.6 is 0 Å². The van der Waals surface area contributed by atoms with Gasteiger partial charge in [-0.1, -0.05) is 84.0 Å². The monoisotopic (exact) mass is 755 g/mol. The van der Waals surface area contributed by atoms with Crippen molar-refractivity contribution in [2.24, 2.45) is 0 Å². The zero-order valence-corrected chi connectivity index (χ0v) is 30.1. The van der Waals surface area contributed by atoms with Gasteiger partial charge in [0.1, 0.15) is 34.6 Å². The quantitative estimate of drug-likeness (QED) is 0.0858. The summed E-state index contributed by atoms with van der Waals surface area (Å²) in [5.41, 5.74) is -4.63. The van der Waals surface area contributed by atoms with E-state index in [4.69, 9.17) is 9.31 Å². The zero-order chi connectivity index (χ0) is 39.5. The van der Waals surface area contributed by atoms with Crippen molar-refractivity contribution in [3.05, 3.63) is 165 Å². The minimum Gasteiger partial charge on any atom is -0.532 e. The Kier molecular flexibility index (Phi) is 10.2. The number of nitrogens with one attached hydrogen (secondary N) is 1. The lowest BCUT2D eigenvalue weighted by Gasteiger charge is -2.43. The first-order valence-electron chi connectivity index (χ1n) is 17.0. The van der Waals surface area contributed by atoms with Crippen LogP contribution in [0, 0.1) is 52.4 Å². The molecule has 0 saturated carbocycles. The summed E-state index contributed by atoms with van der Waals surface area (Å²) < 4.78 is 151. The normalized spacial score (nSPS) is 16.3. The Labute approximate surface area is 307 Å². The van der Waals surface area contributed by atoms with Crippen LogP contribution in [0.2, 0.25) is 0 Å². The van der Waals surface area contributed by atoms with Gasteiger partial charge < -0.3 is 14.6 Å². The van der Waals surface area contributed by atoms with Gasteiger partial charge in [-0.25, -0.2) is 39.5 Å². The van der Waals surface area contributed by atoms with Gasteiger partial charge in [-0.2, -0.15) is 0 Å². The van der Waals surface area contributed by atoms with E-state index in [9.17, 15) is 4.39 Å². The maximum absolute atomic E-state index is 16.1. The molecular formula is C41H35BF9NO2. The van der Waals surface area contributed by atoms with E-state index in [2.05, 4.69) is 5.32 Å². The molecule has 1 heterocycles. The number of benzene rings is 5. The van der Waals surface area contributed by atoms with Crippen molar-refractivity contribution in [1.29, 1.82) is 0 Å². The first-order valence-corrected chi connectivity index (χ1v) is 17.0. The predicted octanol–water partition coefficient (Wildman–Crippen LogP) is 10.1. The van der Waals surface area contributed by atoms with Crippen molar-refractivity contribution in [3.63, 3.8) is 0 Å². The van der Waals surface area contributed by atoms with Crippen LogP contribution in [-0.4, -0.2) is 7.12 Å². The molecule has 0 aromatic heterocycles. The summed E-state index contributed by atoms with van der Waals surface area (Å²) in [4.78, 5) is 0. The third kappa shape index (κ3) is 7.11. The van der Waals surface area contributed by atoms with Crippen molar-refractivity contribution in [1.82, 2.24) is 5.32 Å². The molecular weight excluding hydrogens is 720 g/mol. The van der Waals surface area contributed by atoms with Gasteiger partial charge >= 0.3 is 7.12 Å². The van der Waals surface area contributed by atoms with E-state index < -0.39 is 98.5 Å². The van der Waals surface area contributed by atoms with Gasteiger partial charge in [-0.3, -0.25) is 0 Å². The molecule has 1 aliphatic heterocycles. The summed E-state index contributed by atoms with van der Waals surface area (Å²) >= 11 is 0. The summed E-state index contributed by atoms with van der Waals surface area (Å²) in [5.74, 6) is -16.6. The zero-order valence-electron chi connectivity index (χ0n) is 30.1. The molecule has 0 amide bonds. The van der Waals surface area contributed by atoms with Crippen molar-refractivity contribution in [2.75, 3.05) is 0 Å². The standard InChI is InChI=1S/C41H35BF9NO2/c1-39(2,3)23-12-22-20-52-38(21-10-8-7-9-11-21)41(24-13-26(43)18-27(44)14-24,25-15-28(45)19-29(46)16-25)54-42(53-37(22)30(17-23)40(4,5)6)31-32(47)34(49)36(51)35(50)33(31)48/h7-19,38,52H,20H2,1-6H3/t38-/m1/s1. The molecule has 5 aromatic carbocycles. The van der Waals surface area contributed by atoms with Crippen LogP contribution in [0.4, 0.5) is 39.5 Å². The van der Waals surface area contributed by atoms with Crippen molar-refractivity contribution < 1.29 is 48.8 Å². The number of fused-ring (bicyclic) bond motifs is 1. The van der Waals surface area contributed by atoms with E-state index >= 15 is 35.1 Å². The molecule has 13 heteroatoms. The summed E-state index contributed by atoms with van der Waals surface area (Å²) in [6, 6.07) is 14.2. The Morgan fingerprint density at radius 3 is 1.56 bits per heavy atom. The lowest BCUT2D eigenvalue weighted by atomic mass is 9.71. The first kappa shape index (κ1) is 39.0. The van der Waals surface area contributed by atoms with Gasteiger partial charge in [0.2, 0.25) is 0 Å². The molecule has 1 N–H and O–H groups in total. The highest BCUT2D eigenvalue weighted by Gasteiger charge is 2.52. The minimum absolute atomic E-state index is 0.0598. The molecule has 0 saturated heterocycles. The Hall–Kier alpha value is -4.75. The van der Waals surface area contributed by atoms with Gasteiger partial charge in [0.15, 0.2) is 29.1 Å². The van der Waals surface area contributed by atoms with Gasteiger partial charge in [-0.05, 0) is 62.9 Å². The van der Waals surface area contributed by atoms with Gasteiger partial charge in [0.05, 0.1) is 11.5 Å². The molecule has 1 atom stereocenters. The van der Waals surface area contributed by atoms with Gasteiger partial charge in [-0.15, -0.1) is 0 Å². The highest BCUT2D eigenvalue weighted by molar-refractivity contribution is 6.62. The summed E-state index contributed by atoms with van der Waals surface area (Å²) in [5, 5.41) is 3.30. The number of rotatable bonds is 4. The molecule has 0 spiro atoms. The molecule has 3 nitrogen and oxygen atoms in total. The second kappa shape index (κ2) is 14.2. The fourth-order valence-electron chi connectivity index (χ4n) is 6.79. The largest absolute Gasteiger partial charge is 0.570 e. The van der Waals surface area contributed by atoms with Crippen molar-refractivity contribution in [2.45, 2.75) is 70.6 Å². The lowest BCUT2D eigenvalue weighted by molar-refractivity contribution is 0.0478. The highest BCUT2D eigenvalue weighted by Crippen LogP contribution is 2.48. The Morgan fingerprint density at radius 2 is 1.09 bits per heavy atom. The van der Waals surface area contributed by atoms with E-state index in [-0.39, 0.29) is 17.9 Å². The van der Waals surface area contributed by atoms with Crippen LogP contribution in [-0.2, 0) is 27.6 Å². The SMILES string of the molecule is CC(C)(C)c1cc2c(c(C(C)(C)C)c1)OB(c1c(F)c(F)c(F)c(F)c1F)OC(c1cc(F)cc(F)c1)(c1cc(F)cc(F)c1)[C@@H](c1ccccc1)NC2. The van der Waals surface area contributed by atoms with Crippen LogP contribution in [0.15, 0.2) is 78.9 Å². The summed E-state index contributed by atoms with van der Waals surface area (Å²) in [7, 11) is -2.63. The topological polar surface area (TPSA) is 30.5 Å². The maximum atomic E-state index is 16.1. The molecule has 0 fully saturated rings. The van der Waals surface area contributed by atoms with Crippen LogP contribution < -0.4 is 15.4 Å². The number of hydrogen-bond acceptors (Lipinski definition) is 3.